The summed E-state index contributed by atoms with van der Waals surface area (Å²) in [6.45, 7) is 0. The van der Waals surface area contributed by atoms with Crippen LogP contribution in [0.3, 0.4) is 0 Å². The summed E-state index contributed by atoms with van der Waals surface area (Å²) in [5.74, 6) is 0. The molecule has 0 N–H and O–H groups in total. The predicted molar refractivity (Wildman–Crippen MR) is 12.6 cm³/mol. The monoisotopic (exact) mass is 75.0 g/mol. The second-order valence-corrected chi connectivity index (χ2v) is 0.0772. The highest BCUT2D eigenvalue weighted by atomic mass is 28.1. The molecule has 0 amide bonds. The van der Waals surface area contributed by atoms with Gasteiger partial charge < -0.3 is 0 Å². The Kier molecular flexibility index (Phi) is 32.0. The van der Waals surface area contributed by atoms with Gasteiger partial charge in [-0.25, -0.2) is 4.79 Å². The Morgan fingerprint density at radius 2 is 1.75 bits per heavy atom. The summed E-state index contributed by atoms with van der Waals surface area (Å²) in [5.41, 5.74) is 0. The van der Waals surface area contributed by atoms with Gasteiger partial charge in [0, 0.05) is 11.0 Å². The number of carbonyl (C=O) groups excluding carboxylic acids is 1. The Bertz CT molecular complexity index is 15.5. The summed E-state index contributed by atoms with van der Waals surface area (Å²) in [6.07, 6.45) is 0. The van der Waals surface area contributed by atoms with Crippen LogP contribution in [0.25, 0.3) is 0 Å². The number of rotatable bonds is 0. The Hall–Kier alpha value is -0.183. The van der Waals surface area contributed by atoms with Gasteiger partial charge in [-0.2, -0.15) is 4.39 Å². The van der Waals surface area contributed by atoms with Crippen molar-refractivity contribution in [3.63, 3.8) is 0 Å². The van der Waals surface area contributed by atoms with Crippen LogP contribution in [-0.2, 0) is 4.79 Å². The molecule has 0 aliphatic carbocycles. The maximum atomic E-state index is 9.49. The summed E-state index contributed by atoms with van der Waals surface area (Å²) in [6, 6.07) is 0. The lowest BCUT2D eigenvalue weighted by Crippen LogP contribution is -1.29. The summed E-state index contributed by atoms with van der Waals surface area (Å²) in [4.78, 5) is 8.01. The molecular formula is CFOSi. The van der Waals surface area contributed by atoms with Gasteiger partial charge in [0.1, 0.15) is 0 Å². The van der Waals surface area contributed by atoms with Gasteiger partial charge in [-0.05, 0) is 0 Å². The topological polar surface area (TPSA) is 17.1 Å². The molecule has 0 aromatic carbocycles. The highest BCUT2D eigenvalue weighted by molar-refractivity contribution is 5.75. The minimum absolute atomic E-state index is 0. The molecule has 0 aliphatic rings. The van der Waals surface area contributed by atoms with Gasteiger partial charge in [0.25, 0.3) is 0 Å². The Balaban J connectivity index is 0. The molecule has 21 valence electrons. The van der Waals surface area contributed by atoms with Crippen LogP contribution in [0.2, 0.25) is 0 Å². The summed E-state index contributed by atoms with van der Waals surface area (Å²) in [5, 5.41) is 0. The van der Waals surface area contributed by atoms with Gasteiger partial charge in [0.05, 0.1) is 0 Å². The molecule has 0 atom stereocenters. The van der Waals surface area contributed by atoms with Crippen molar-refractivity contribution in [2.45, 2.75) is 0 Å². The lowest BCUT2D eigenvalue weighted by molar-refractivity contribution is 0.510. The van der Waals surface area contributed by atoms with Crippen LogP contribution < -0.4 is 0 Å². The number of halogens is 1. The molecule has 1 nitrogen and oxygen atoms in total. The van der Waals surface area contributed by atoms with Crippen LogP contribution >= 0.6 is 0 Å². The fraction of sp³-hybridized carbons (Fsp3) is 0. The van der Waals surface area contributed by atoms with E-state index in [4.69, 9.17) is 4.79 Å². The van der Waals surface area contributed by atoms with E-state index in [0.29, 0.717) is 0 Å². The first-order valence-electron chi connectivity index (χ1n) is 0.393. The lowest BCUT2D eigenvalue weighted by Gasteiger charge is -1.15. The minimum Gasteiger partial charge on any atom is -0.249 e. The van der Waals surface area contributed by atoms with E-state index in [9.17, 15) is 4.39 Å². The third-order valence-corrected chi connectivity index (χ3v) is 0. The number of hydrogen-bond donors (Lipinski definition) is 0. The summed E-state index contributed by atoms with van der Waals surface area (Å²) < 4.78 is 9.49. The Labute approximate surface area is 27.8 Å². The highest BCUT2D eigenvalue weighted by Crippen LogP contribution is 1.27. The molecule has 0 rings (SSSR count). The summed E-state index contributed by atoms with van der Waals surface area (Å²) >= 11 is 0. The van der Waals surface area contributed by atoms with Crippen LogP contribution in [0.5, 0.6) is 0 Å². The average molecular weight is 75.1 g/mol. The standard InChI is InChI=1S/CFO.Si/c2-1-3;. The van der Waals surface area contributed by atoms with Crippen molar-refractivity contribution in [1.82, 2.24) is 0 Å². The molecule has 4 heavy (non-hydrogen) atoms. The van der Waals surface area contributed by atoms with Crippen molar-refractivity contribution in [3.8, 4) is 0 Å². The maximum absolute atomic E-state index is 9.49. The third-order valence-electron chi connectivity index (χ3n) is 0. The molecular weight excluding hydrogens is 75.1 g/mol. The smallest absolute Gasteiger partial charge is 0.249 e. The molecule has 0 aromatic heterocycles. The highest BCUT2D eigenvalue weighted by Gasteiger charge is 1.37. The Morgan fingerprint density at radius 3 is 1.75 bits per heavy atom. The van der Waals surface area contributed by atoms with Crippen molar-refractivity contribution in [3.05, 3.63) is 0 Å². The first kappa shape index (κ1) is 9.17. The van der Waals surface area contributed by atoms with E-state index in [2.05, 4.69) is 0 Å². The van der Waals surface area contributed by atoms with E-state index in [1.165, 1.54) is 0 Å². The Morgan fingerprint density at radius 1 is 1.75 bits per heavy atom. The molecule has 0 bridgehead atoms. The van der Waals surface area contributed by atoms with Crippen molar-refractivity contribution >= 4 is 17.5 Å². The molecule has 0 heterocycles. The number of hydrogen-bond acceptors (Lipinski definition) is 1. The van der Waals surface area contributed by atoms with E-state index >= 15 is 0 Å². The fourth-order valence-electron chi connectivity index (χ4n) is 0. The van der Waals surface area contributed by atoms with Gasteiger partial charge in [0.2, 0.25) is 0 Å². The lowest BCUT2D eigenvalue weighted by atomic mass is 11.8. The molecule has 0 saturated carbocycles. The first-order chi connectivity index (χ1) is 1.41. The van der Waals surface area contributed by atoms with Gasteiger partial charge in [-0.3, -0.25) is 0 Å². The molecule has 0 aliphatic heterocycles. The molecule has 3 heteroatoms. The zero-order valence-corrected chi connectivity index (χ0v) is 2.79. The van der Waals surface area contributed by atoms with Crippen molar-refractivity contribution in [2.24, 2.45) is 0 Å². The zero-order valence-electron chi connectivity index (χ0n) is 1.79. The van der Waals surface area contributed by atoms with E-state index < -0.39 is 0 Å². The molecule has 0 spiro atoms. The van der Waals surface area contributed by atoms with Crippen LogP contribution in [-0.4, -0.2) is 17.5 Å². The minimum atomic E-state index is 0. The first-order valence-corrected chi connectivity index (χ1v) is 0.393. The van der Waals surface area contributed by atoms with Gasteiger partial charge in [0.15, 0.2) is 0 Å². The van der Waals surface area contributed by atoms with E-state index in [1.54, 1.807) is 0 Å². The van der Waals surface area contributed by atoms with Crippen LogP contribution in [0.15, 0.2) is 0 Å². The molecule has 0 fully saturated rings. The molecule has 5 radical (unpaired) electrons. The second-order valence-electron chi connectivity index (χ2n) is 0.0772. The second kappa shape index (κ2) is 13.9. The van der Waals surface area contributed by atoms with Crippen molar-refractivity contribution < 1.29 is 9.18 Å². The normalized spacial score (nSPS) is 3.25. The SMILES string of the molecule is O=[C]F.[Si]. The van der Waals surface area contributed by atoms with Crippen LogP contribution in [0.1, 0.15) is 0 Å². The van der Waals surface area contributed by atoms with Gasteiger partial charge in [-0.15, -0.1) is 0 Å². The van der Waals surface area contributed by atoms with Gasteiger partial charge in [-0.1, -0.05) is 0 Å². The molecule has 0 aromatic rings. The third kappa shape index (κ3) is 36.2. The van der Waals surface area contributed by atoms with Crippen LogP contribution in [0, 0.1) is 0 Å². The largest absolute Gasteiger partial charge is 0.401 e. The maximum Gasteiger partial charge on any atom is 0.401 e. The van der Waals surface area contributed by atoms with Crippen LogP contribution in [0.4, 0.5) is 4.39 Å². The molecule has 0 unspecified atom stereocenters. The average Bonchev–Trinajstić information content (AvgIpc) is 0.918. The van der Waals surface area contributed by atoms with E-state index in [1.807, 2.05) is 0 Å². The quantitative estimate of drug-likeness (QED) is 0.284. The van der Waals surface area contributed by atoms with Crippen molar-refractivity contribution in [1.29, 1.82) is 0 Å². The van der Waals surface area contributed by atoms with Gasteiger partial charge >= 0.3 is 6.54 Å². The summed E-state index contributed by atoms with van der Waals surface area (Å²) in [7, 11) is 0. The van der Waals surface area contributed by atoms with E-state index in [0.717, 1.165) is 0 Å². The predicted octanol–water partition coefficient (Wildman–Crippen LogP) is -0.358. The zero-order chi connectivity index (χ0) is 2.71. The van der Waals surface area contributed by atoms with E-state index in [-0.39, 0.29) is 17.5 Å². The fourth-order valence-corrected chi connectivity index (χ4v) is 0. The molecule has 0 saturated heterocycles. The van der Waals surface area contributed by atoms with Crippen molar-refractivity contribution in [2.75, 3.05) is 0 Å².